The number of anilines is 1. The Balaban J connectivity index is 1.46. The summed E-state index contributed by atoms with van der Waals surface area (Å²) >= 11 is 1.48. The van der Waals surface area contributed by atoms with Crippen molar-refractivity contribution in [3.05, 3.63) is 40.4 Å². The van der Waals surface area contributed by atoms with E-state index in [2.05, 4.69) is 29.4 Å². The molecule has 0 spiro atoms. The second-order valence-corrected chi connectivity index (χ2v) is 10.6. The molecule has 0 unspecified atom stereocenters. The van der Waals surface area contributed by atoms with E-state index in [0.29, 0.717) is 23.4 Å². The predicted molar refractivity (Wildman–Crippen MR) is 117 cm³/mol. The highest BCUT2D eigenvalue weighted by Crippen LogP contribution is 2.61. The molecule has 6 heteroatoms. The molecule has 1 aromatic heterocycles. The number of ether oxygens (including phenoxy) is 1. The number of hydrogen-bond donors (Lipinski definition) is 1. The molecule has 2 fully saturated rings. The van der Waals surface area contributed by atoms with Crippen LogP contribution in [-0.2, 0) is 16.0 Å². The maximum atomic E-state index is 13.3. The Morgan fingerprint density at radius 2 is 2.17 bits per heavy atom. The molecule has 30 heavy (non-hydrogen) atoms. The Hall–Kier alpha value is -2.21. The molecule has 0 radical (unpaired) electrons. The molecular formula is C24H28N2O3S. The monoisotopic (exact) mass is 424 g/mol. The van der Waals surface area contributed by atoms with E-state index in [1.54, 1.807) is 13.3 Å². The summed E-state index contributed by atoms with van der Waals surface area (Å²) in [5.74, 6) is 1.75. The number of amides is 1. The summed E-state index contributed by atoms with van der Waals surface area (Å²) in [4.78, 5) is 31.7. The zero-order valence-corrected chi connectivity index (χ0v) is 18.6. The number of hydrogen-bond acceptors (Lipinski definition) is 5. The second kappa shape index (κ2) is 7.19. The van der Waals surface area contributed by atoms with Crippen molar-refractivity contribution in [3.63, 3.8) is 0 Å². The van der Waals surface area contributed by atoms with Gasteiger partial charge in [-0.05, 0) is 73.6 Å². The van der Waals surface area contributed by atoms with Gasteiger partial charge in [0.15, 0.2) is 5.13 Å². The molecule has 2 aromatic rings. The summed E-state index contributed by atoms with van der Waals surface area (Å²) in [6.45, 7) is 4.09. The van der Waals surface area contributed by atoms with E-state index in [1.165, 1.54) is 22.5 Å². The Bertz CT molecular complexity index is 1020. The minimum Gasteiger partial charge on any atom is -0.497 e. The van der Waals surface area contributed by atoms with Gasteiger partial charge in [0.2, 0.25) is 5.91 Å². The van der Waals surface area contributed by atoms with Crippen LogP contribution in [0.1, 0.15) is 54.5 Å². The Morgan fingerprint density at radius 1 is 1.33 bits per heavy atom. The lowest BCUT2D eigenvalue weighted by molar-refractivity contribution is -0.129. The van der Waals surface area contributed by atoms with Crippen molar-refractivity contribution in [1.29, 1.82) is 0 Å². The summed E-state index contributed by atoms with van der Waals surface area (Å²) in [7, 11) is 1.71. The van der Waals surface area contributed by atoms with Gasteiger partial charge in [-0.15, -0.1) is 11.3 Å². The first-order valence-electron chi connectivity index (χ1n) is 10.8. The Kier molecular flexibility index (Phi) is 4.73. The number of Topliss-reactive ketones (excluding diaryl/α,β-unsaturated/α-hetero) is 1. The van der Waals surface area contributed by atoms with Crippen LogP contribution in [0.15, 0.2) is 24.4 Å². The topological polar surface area (TPSA) is 68.3 Å². The van der Waals surface area contributed by atoms with Crippen LogP contribution in [0.25, 0.3) is 0 Å². The van der Waals surface area contributed by atoms with Crippen molar-refractivity contribution < 1.29 is 14.3 Å². The van der Waals surface area contributed by atoms with Crippen molar-refractivity contribution in [2.24, 2.45) is 23.2 Å². The van der Waals surface area contributed by atoms with E-state index in [0.717, 1.165) is 36.3 Å². The van der Waals surface area contributed by atoms with Crippen LogP contribution >= 0.6 is 11.3 Å². The fraction of sp³-hybridized carbons (Fsp3) is 0.542. The van der Waals surface area contributed by atoms with Crippen LogP contribution in [0, 0.1) is 30.1 Å². The van der Waals surface area contributed by atoms with E-state index in [-0.39, 0.29) is 28.9 Å². The van der Waals surface area contributed by atoms with Crippen molar-refractivity contribution in [1.82, 2.24) is 4.98 Å². The molecule has 5 rings (SSSR count). The highest BCUT2D eigenvalue weighted by molar-refractivity contribution is 7.15. The van der Waals surface area contributed by atoms with E-state index in [4.69, 9.17) is 4.74 Å². The van der Waals surface area contributed by atoms with Gasteiger partial charge in [0.1, 0.15) is 11.5 Å². The van der Waals surface area contributed by atoms with Gasteiger partial charge >= 0.3 is 0 Å². The number of carbonyl (C=O) groups excluding carboxylic acids is 2. The van der Waals surface area contributed by atoms with Gasteiger partial charge in [-0.25, -0.2) is 4.98 Å². The number of fused-ring (bicyclic) bond motifs is 5. The molecule has 0 aliphatic heterocycles. The van der Waals surface area contributed by atoms with Gasteiger partial charge in [-0.2, -0.15) is 0 Å². The molecule has 1 heterocycles. The van der Waals surface area contributed by atoms with E-state index in [1.807, 2.05) is 13.0 Å². The average molecular weight is 425 g/mol. The SMILES string of the molecule is COc1ccc2c(c1)CC[C@H]1[C@@H]3[C@@H](C(=O)Nc4ncc(C)s4)CC(=O)[C@@]3(C)CC[C@H]21. The average Bonchev–Trinajstić information content (AvgIpc) is 3.27. The van der Waals surface area contributed by atoms with Crippen molar-refractivity contribution >= 4 is 28.2 Å². The molecule has 3 aliphatic carbocycles. The van der Waals surface area contributed by atoms with Crippen molar-refractivity contribution in [2.45, 2.75) is 51.9 Å². The van der Waals surface area contributed by atoms with Gasteiger partial charge in [0.05, 0.1) is 7.11 Å². The minimum absolute atomic E-state index is 0.0346. The molecule has 5 atom stereocenters. The summed E-state index contributed by atoms with van der Waals surface area (Å²) in [6.07, 6.45) is 6.02. The number of ketones is 1. The van der Waals surface area contributed by atoms with Crippen LogP contribution in [0.2, 0.25) is 0 Å². The van der Waals surface area contributed by atoms with Crippen LogP contribution in [0.3, 0.4) is 0 Å². The van der Waals surface area contributed by atoms with Gasteiger partial charge in [0.25, 0.3) is 0 Å². The molecular weight excluding hydrogens is 396 g/mol. The number of aromatic nitrogens is 1. The molecule has 5 nitrogen and oxygen atoms in total. The molecule has 158 valence electrons. The number of thiazole rings is 1. The number of carbonyl (C=O) groups is 2. The lowest BCUT2D eigenvalue weighted by Crippen LogP contribution is -2.46. The van der Waals surface area contributed by atoms with Crippen LogP contribution in [0.4, 0.5) is 5.13 Å². The largest absolute Gasteiger partial charge is 0.497 e. The molecule has 0 bridgehead atoms. The molecule has 0 saturated heterocycles. The second-order valence-electron chi connectivity index (χ2n) is 9.35. The summed E-state index contributed by atoms with van der Waals surface area (Å²) in [6, 6.07) is 6.41. The maximum absolute atomic E-state index is 13.3. The number of nitrogens with one attached hydrogen (secondary N) is 1. The normalized spacial score (nSPS) is 32.2. The molecule has 1 amide bonds. The van der Waals surface area contributed by atoms with Gasteiger partial charge in [0, 0.05) is 28.8 Å². The fourth-order valence-electron chi connectivity index (χ4n) is 6.43. The third-order valence-corrected chi connectivity index (χ3v) is 8.68. The van der Waals surface area contributed by atoms with Crippen molar-refractivity contribution in [3.8, 4) is 5.75 Å². The molecule has 3 aliphatic rings. The minimum atomic E-state index is -0.383. The lowest BCUT2D eigenvalue weighted by atomic mass is 9.54. The highest BCUT2D eigenvalue weighted by atomic mass is 32.1. The number of benzene rings is 1. The standard InChI is InChI=1S/C24H28N2O3S/c1-13-12-25-23(30-13)26-22(28)19-11-20(27)24(2)9-8-17-16-7-5-15(29-3)10-14(16)4-6-18(17)21(19)24/h5,7,10,12,17-19,21H,4,6,8-9,11H2,1-3H3,(H,25,26,28)/t17-,18-,19+,21-,24-/m1/s1. The third kappa shape index (κ3) is 2.99. The number of rotatable bonds is 3. The van der Waals surface area contributed by atoms with Crippen LogP contribution < -0.4 is 10.1 Å². The lowest BCUT2D eigenvalue weighted by Gasteiger charge is -2.49. The molecule has 1 N–H and O–H groups in total. The number of nitrogens with zero attached hydrogens (tertiary/aromatic N) is 1. The van der Waals surface area contributed by atoms with E-state index >= 15 is 0 Å². The Labute approximate surface area is 181 Å². The van der Waals surface area contributed by atoms with Gasteiger partial charge in [-0.1, -0.05) is 13.0 Å². The van der Waals surface area contributed by atoms with E-state index < -0.39 is 0 Å². The fourth-order valence-corrected chi connectivity index (χ4v) is 7.10. The first-order valence-corrected chi connectivity index (χ1v) is 11.7. The first-order chi connectivity index (χ1) is 14.4. The summed E-state index contributed by atoms with van der Waals surface area (Å²) in [5.41, 5.74) is 2.37. The molecule has 1 aromatic carbocycles. The number of aryl methyl sites for hydroxylation is 2. The number of methoxy groups -OCH3 is 1. The third-order valence-electron chi connectivity index (χ3n) is 7.85. The first kappa shape index (κ1) is 19.7. The van der Waals surface area contributed by atoms with Gasteiger partial charge in [-0.3, -0.25) is 9.59 Å². The summed E-state index contributed by atoms with van der Waals surface area (Å²) in [5, 5.41) is 3.64. The van der Waals surface area contributed by atoms with Crippen LogP contribution in [0.5, 0.6) is 5.75 Å². The van der Waals surface area contributed by atoms with Crippen LogP contribution in [-0.4, -0.2) is 23.8 Å². The zero-order valence-electron chi connectivity index (χ0n) is 17.7. The zero-order chi connectivity index (χ0) is 21.0. The summed E-state index contributed by atoms with van der Waals surface area (Å²) < 4.78 is 5.42. The smallest absolute Gasteiger partial charge is 0.230 e. The van der Waals surface area contributed by atoms with E-state index in [9.17, 15) is 9.59 Å². The van der Waals surface area contributed by atoms with Crippen molar-refractivity contribution in [2.75, 3.05) is 12.4 Å². The highest BCUT2D eigenvalue weighted by Gasteiger charge is 2.60. The predicted octanol–water partition coefficient (Wildman–Crippen LogP) is 4.75. The maximum Gasteiger partial charge on any atom is 0.230 e. The van der Waals surface area contributed by atoms with Gasteiger partial charge < -0.3 is 10.1 Å². The quantitative estimate of drug-likeness (QED) is 0.772. The Morgan fingerprint density at radius 3 is 2.90 bits per heavy atom. The molecule has 2 saturated carbocycles.